The Labute approximate surface area is 127 Å². The van der Waals surface area contributed by atoms with Crippen molar-refractivity contribution in [2.45, 2.75) is 6.92 Å². The van der Waals surface area contributed by atoms with Gasteiger partial charge >= 0.3 is 5.97 Å². The highest BCUT2D eigenvalue weighted by molar-refractivity contribution is 6.35. The molecule has 0 fully saturated rings. The summed E-state index contributed by atoms with van der Waals surface area (Å²) in [6.45, 7) is 2.13. The largest absolute Gasteiger partial charge is 0.462 e. The van der Waals surface area contributed by atoms with E-state index in [1.165, 1.54) is 0 Å². The normalized spacial score (nSPS) is 10.8. The average molecular weight is 300 g/mol. The molecule has 0 bridgehead atoms. The van der Waals surface area contributed by atoms with Crippen LogP contribution >= 0.6 is 11.6 Å². The zero-order chi connectivity index (χ0) is 14.8. The van der Waals surface area contributed by atoms with Gasteiger partial charge in [-0.25, -0.2) is 4.79 Å². The van der Waals surface area contributed by atoms with Gasteiger partial charge in [0.05, 0.1) is 28.4 Å². The third-order valence-electron chi connectivity index (χ3n) is 3.32. The standard InChI is InChI=1S/C17H14ClNO2/c1-2-21-17(20)14-12-9-6-10-13(18)16(12)19-15(14)11-7-4-3-5-8-11/h3-10,19H,2H2,1H3. The number of benzene rings is 2. The van der Waals surface area contributed by atoms with E-state index in [0.717, 1.165) is 22.2 Å². The number of aromatic nitrogens is 1. The predicted octanol–water partition coefficient (Wildman–Crippen LogP) is 4.67. The second-order valence-electron chi connectivity index (χ2n) is 4.62. The summed E-state index contributed by atoms with van der Waals surface area (Å²) in [4.78, 5) is 15.6. The molecule has 0 saturated heterocycles. The molecule has 3 aromatic rings. The topological polar surface area (TPSA) is 42.1 Å². The molecule has 0 aliphatic rings. The first kappa shape index (κ1) is 13.7. The van der Waals surface area contributed by atoms with Gasteiger partial charge in [0, 0.05) is 5.39 Å². The monoisotopic (exact) mass is 299 g/mol. The van der Waals surface area contributed by atoms with E-state index in [1.807, 2.05) is 42.5 Å². The third-order valence-corrected chi connectivity index (χ3v) is 3.64. The molecule has 0 aliphatic heterocycles. The van der Waals surface area contributed by atoms with Gasteiger partial charge in [-0.05, 0) is 18.6 Å². The van der Waals surface area contributed by atoms with Gasteiger partial charge in [-0.1, -0.05) is 54.1 Å². The van der Waals surface area contributed by atoms with Crippen molar-refractivity contribution in [1.29, 1.82) is 0 Å². The van der Waals surface area contributed by atoms with Gasteiger partial charge in [0.25, 0.3) is 0 Å². The Bertz CT molecular complexity index is 793. The Kier molecular flexibility index (Phi) is 3.67. The molecule has 106 valence electrons. The molecule has 3 rings (SSSR count). The predicted molar refractivity (Wildman–Crippen MR) is 84.7 cm³/mol. The Hall–Kier alpha value is -2.26. The third kappa shape index (κ3) is 2.41. The van der Waals surface area contributed by atoms with Crippen molar-refractivity contribution in [1.82, 2.24) is 4.98 Å². The van der Waals surface area contributed by atoms with E-state index in [0.29, 0.717) is 17.2 Å². The maximum atomic E-state index is 12.3. The molecule has 0 amide bonds. The fourth-order valence-corrected chi connectivity index (χ4v) is 2.64. The van der Waals surface area contributed by atoms with Crippen LogP contribution in [0.5, 0.6) is 0 Å². The number of carbonyl (C=O) groups excluding carboxylic acids is 1. The summed E-state index contributed by atoms with van der Waals surface area (Å²) in [6.07, 6.45) is 0. The minimum absolute atomic E-state index is 0.334. The van der Waals surface area contributed by atoms with Crippen LogP contribution in [0.25, 0.3) is 22.2 Å². The SMILES string of the molecule is CCOC(=O)c1c(-c2ccccc2)[nH]c2c(Cl)cccc12. The molecule has 2 aromatic carbocycles. The van der Waals surface area contributed by atoms with E-state index >= 15 is 0 Å². The van der Waals surface area contributed by atoms with Crippen LogP contribution in [0.2, 0.25) is 5.02 Å². The zero-order valence-corrected chi connectivity index (χ0v) is 12.3. The van der Waals surface area contributed by atoms with Gasteiger partial charge in [0.1, 0.15) is 0 Å². The summed E-state index contributed by atoms with van der Waals surface area (Å²) in [5.74, 6) is -0.343. The minimum atomic E-state index is -0.343. The molecule has 0 radical (unpaired) electrons. The van der Waals surface area contributed by atoms with Crippen LogP contribution < -0.4 is 0 Å². The summed E-state index contributed by atoms with van der Waals surface area (Å²) in [5, 5.41) is 1.36. The molecule has 21 heavy (non-hydrogen) atoms. The smallest absolute Gasteiger partial charge is 0.340 e. The van der Waals surface area contributed by atoms with Gasteiger partial charge in [0.15, 0.2) is 0 Å². The van der Waals surface area contributed by atoms with E-state index in [1.54, 1.807) is 13.0 Å². The quantitative estimate of drug-likeness (QED) is 0.714. The van der Waals surface area contributed by atoms with Crippen LogP contribution in [0.1, 0.15) is 17.3 Å². The van der Waals surface area contributed by atoms with Crippen molar-refractivity contribution in [2.24, 2.45) is 0 Å². The summed E-state index contributed by atoms with van der Waals surface area (Å²) in [7, 11) is 0. The minimum Gasteiger partial charge on any atom is -0.462 e. The Balaban J connectivity index is 2.30. The molecule has 0 spiro atoms. The van der Waals surface area contributed by atoms with Crippen molar-refractivity contribution in [2.75, 3.05) is 6.61 Å². The molecule has 0 atom stereocenters. The molecule has 0 unspecified atom stereocenters. The van der Waals surface area contributed by atoms with Crippen LogP contribution in [0.4, 0.5) is 0 Å². The number of rotatable bonds is 3. The van der Waals surface area contributed by atoms with Crippen molar-refractivity contribution in [3.05, 3.63) is 59.1 Å². The Morgan fingerprint density at radius 3 is 2.62 bits per heavy atom. The molecular weight excluding hydrogens is 286 g/mol. The van der Waals surface area contributed by atoms with Crippen molar-refractivity contribution in [3.63, 3.8) is 0 Å². The number of ether oxygens (including phenoxy) is 1. The van der Waals surface area contributed by atoms with E-state index in [2.05, 4.69) is 4.98 Å². The second kappa shape index (κ2) is 5.62. The number of hydrogen-bond acceptors (Lipinski definition) is 2. The zero-order valence-electron chi connectivity index (χ0n) is 11.5. The first-order chi connectivity index (χ1) is 10.2. The van der Waals surface area contributed by atoms with E-state index < -0.39 is 0 Å². The van der Waals surface area contributed by atoms with Crippen LogP contribution in [-0.2, 0) is 4.74 Å². The fraction of sp³-hybridized carbons (Fsp3) is 0.118. The maximum Gasteiger partial charge on any atom is 0.340 e. The second-order valence-corrected chi connectivity index (χ2v) is 5.03. The fourth-order valence-electron chi connectivity index (χ4n) is 2.42. The number of aromatic amines is 1. The van der Waals surface area contributed by atoms with Gasteiger partial charge in [0.2, 0.25) is 0 Å². The lowest BCUT2D eigenvalue weighted by molar-refractivity contribution is 0.0529. The van der Waals surface area contributed by atoms with Crippen molar-refractivity contribution >= 4 is 28.5 Å². The highest BCUT2D eigenvalue weighted by atomic mass is 35.5. The van der Waals surface area contributed by atoms with E-state index in [-0.39, 0.29) is 5.97 Å². The number of para-hydroxylation sites is 1. The molecular formula is C17H14ClNO2. The first-order valence-corrected chi connectivity index (χ1v) is 7.13. The Morgan fingerprint density at radius 2 is 1.90 bits per heavy atom. The number of esters is 1. The highest BCUT2D eigenvalue weighted by Gasteiger charge is 2.21. The average Bonchev–Trinajstić information content (AvgIpc) is 2.89. The summed E-state index contributed by atoms with van der Waals surface area (Å²) in [6, 6.07) is 15.2. The summed E-state index contributed by atoms with van der Waals surface area (Å²) in [5.41, 5.74) is 2.94. The van der Waals surface area contributed by atoms with Crippen LogP contribution in [-0.4, -0.2) is 17.6 Å². The number of H-pyrrole nitrogens is 1. The van der Waals surface area contributed by atoms with Crippen molar-refractivity contribution in [3.8, 4) is 11.3 Å². The lowest BCUT2D eigenvalue weighted by atomic mass is 10.1. The first-order valence-electron chi connectivity index (χ1n) is 6.75. The lowest BCUT2D eigenvalue weighted by Gasteiger charge is -2.04. The van der Waals surface area contributed by atoms with E-state index in [9.17, 15) is 4.79 Å². The van der Waals surface area contributed by atoms with Gasteiger partial charge in [-0.2, -0.15) is 0 Å². The van der Waals surface area contributed by atoms with Gasteiger partial charge < -0.3 is 9.72 Å². The molecule has 4 heteroatoms. The number of carbonyl (C=O) groups is 1. The summed E-state index contributed by atoms with van der Waals surface area (Å²) >= 11 is 6.23. The molecule has 0 saturated carbocycles. The highest BCUT2D eigenvalue weighted by Crippen LogP contribution is 2.34. The van der Waals surface area contributed by atoms with Crippen LogP contribution in [0.3, 0.4) is 0 Å². The van der Waals surface area contributed by atoms with Crippen LogP contribution in [0.15, 0.2) is 48.5 Å². The van der Waals surface area contributed by atoms with Crippen LogP contribution in [0, 0.1) is 0 Å². The number of fused-ring (bicyclic) bond motifs is 1. The molecule has 0 aliphatic carbocycles. The molecule has 1 heterocycles. The lowest BCUT2D eigenvalue weighted by Crippen LogP contribution is -2.05. The Morgan fingerprint density at radius 1 is 1.14 bits per heavy atom. The van der Waals surface area contributed by atoms with Gasteiger partial charge in [-0.15, -0.1) is 0 Å². The number of nitrogens with one attached hydrogen (secondary N) is 1. The van der Waals surface area contributed by atoms with Gasteiger partial charge in [-0.3, -0.25) is 0 Å². The number of hydrogen-bond donors (Lipinski definition) is 1. The maximum absolute atomic E-state index is 12.3. The molecule has 1 aromatic heterocycles. The molecule has 3 nitrogen and oxygen atoms in total. The number of halogens is 1. The summed E-state index contributed by atoms with van der Waals surface area (Å²) < 4.78 is 5.19. The van der Waals surface area contributed by atoms with Crippen molar-refractivity contribution < 1.29 is 9.53 Å². The molecule has 1 N–H and O–H groups in total. The van der Waals surface area contributed by atoms with E-state index in [4.69, 9.17) is 16.3 Å².